The molecule has 1 rings (SSSR count). The number of unbranched alkanes of at least 4 members (excludes halogenated alkanes) is 4. The molecule has 0 aliphatic heterocycles. The van der Waals surface area contributed by atoms with Crippen molar-refractivity contribution in [2.24, 2.45) is 0 Å². The SMILES string of the molecule is CCCC[N+](CCCC)(CCCC)CCCC.C[C@@H](NC(=S)[S-])c1ccccc1. The molecule has 0 aliphatic rings. The summed E-state index contributed by atoms with van der Waals surface area (Å²) in [7, 11) is 0. The molecule has 0 aliphatic carbocycles. The van der Waals surface area contributed by atoms with Crippen molar-refractivity contribution in [2.45, 2.75) is 92.0 Å². The molecule has 0 saturated carbocycles. The predicted molar refractivity (Wildman–Crippen MR) is 137 cm³/mol. The van der Waals surface area contributed by atoms with Gasteiger partial charge in [-0.3, -0.25) is 0 Å². The van der Waals surface area contributed by atoms with Crippen molar-refractivity contribution in [1.82, 2.24) is 5.32 Å². The van der Waals surface area contributed by atoms with Gasteiger partial charge < -0.3 is 34.6 Å². The van der Waals surface area contributed by atoms with Crippen LogP contribution in [0.2, 0.25) is 0 Å². The Bertz CT molecular complexity index is 467. The first kappa shape index (κ1) is 28.3. The van der Waals surface area contributed by atoms with Crippen molar-refractivity contribution in [3.05, 3.63) is 35.9 Å². The van der Waals surface area contributed by atoms with Gasteiger partial charge in [-0.15, -0.1) is 0 Å². The zero-order valence-corrected chi connectivity index (χ0v) is 21.3. The highest BCUT2D eigenvalue weighted by atomic mass is 32.1. The minimum Gasteiger partial charge on any atom is -0.412 e. The quantitative estimate of drug-likeness (QED) is 0.188. The Morgan fingerprint density at radius 3 is 1.52 bits per heavy atom. The van der Waals surface area contributed by atoms with Crippen LogP contribution < -0.4 is 5.32 Å². The van der Waals surface area contributed by atoms with Crippen LogP contribution in [0.4, 0.5) is 0 Å². The van der Waals surface area contributed by atoms with E-state index in [1.54, 1.807) is 0 Å². The van der Waals surface area contributed by atoms with Gasteiger partial charge in [0.2, 0.25) is 0 Å². The fourth-order valence-electron chi connectivity index (χ4n) is 3.65. The van der Waals surface area contributed by atoms with Gasteiger partial charge >= 0.3 is 0 Å². The van der Waals surface area contributed by atoms with E-state index >= 15 is 0 Å². The molecule has 0 bridgehead atoms. The van der Waals surface area contributed by atoms with E-state index in [0.717, 1.165) is 0 Å². The first-order valence-corrected chi connectivity index (χ1v) is 12.6. The van der Waals surface area contributed by atoms with Crippen LogP contribution in [-0.4, -0.2) is 35.0 Å². The molecule has 4 heteroatoms. The molecule has 0 amide bonds. The third kappa shape index (κ3) is 14.0. The normalized spacial score (nSPS) is 12.0. The Kier molecular flexibility index (Phi) is 17.6. The second-order valence-electron chi connectivity index (χ2n) is 8.21. The number of nitrogens with one attached hydrogen (secondary N) is 1. The molecule has 0 fully saturated rings. The first-order chi connectivity index (χ1) is 13.9. The van der Waals surface area contributed by atoms with Gasteiger partial charge in [-0.1, -0.05) is 88.0 Å². The lowest BCUT2D eigenvalue weighted by atomic mass is 10.1. The summed E-state index contributed by atoms with van der Waals surface area (Å²) in [6.07, 6.45) is 11.1. The summed E-state index contributed by atoms with van der Waals surface area (Å²) in [5, 5.41) is 3.01. The smallest absolute Gasteiger partial charge is 0.0786 e. The second-order valence-corrected chi connectivity index (χ2v) is 9.29. The zero-order valence-electron chi connectivity index (χ0n) is 19.7. The highest BCUT2D eigenvalue weighted by Gasteiger charge is 2.24. The Morgan fingerprint density at radius 1 is 0.828 bits per heavy atom. The molecule has 1 aromatic rings. The summed E-state index contributed by atoms with van der Waals surface area (Å²) in [6.45, 7) is 17.1. The van der Waals surface area contributed by atoms with Gasteiger partial charge in [-0.2, -0.15) is 0 Å². The maximum Gasteiger partial charge on any atom is 0.0786 e. The van der Waals surface area contributed by atoms with Gasteiger partial charge in [0.1, 0.15) is 0 Å². The number of quaternary nitrogens is 1. The zero-order chi connectivity index (χ0) is 22.0. The summed E-state index contributed by atoms with van der Waals surface area (Å²) >= 11 is 9.55. The molecule has 0 saturated heterocycles. The lowest BCUT2D eigenvalue weighted by Crippen LogP contribution is -2.50. The van der Waals surface area contributed by atoms with Crippen molar-refractivity contribution < 1.29 is 4.48 Å². The van der Waals surface area contributed by atoms with E-state index in [4.69, 9.17) is 24.8 Å². The average Bonchev–Trinajstić information content (AvgIpc) is 2.73. The van der Waals surface area contributed by atoms with Crippen LogP contribution in [0, 0.1) is 0 Å². The van der Waals surface area contributed by atoms with Crippen LogP contribution in [0.15, 0.2) is 30.3 Å². The summed E-state index contributed by atoms with van der Waals surface area (Å²) in [6, 6.07) is 10.3. The largest absolute Gasteiger partial charge is 0.412 e. The van der Waals surface area contributed by atoms with E-state index in [9.17, 15) is 0 Å². The highest BCUT2D eigenvalue weighted by Crippen LogP contribution is 2.16. The van der Waals surface area contributed by atoms with Crippen molar-refractivity contribution in [1.29, 1.82) is 0 Å². The van der Waals surface area contributed by atoms with Crippen molar-refractivity contribution in [3.8, 4) is 0 Å². The fourth-order valence-corrected chi connectivity index (χ4v) is 4.00. The van der Waals surface area contributed by atoms with E-state index in [1.807, 2.05) is 37.3 Å². The van der Waals surface area contributed by atoms with Gasteiger partial charge in [0, 0.05) is 6.04 Å². The molecule has 1 atom stereocenters. The van der Waals surface area contributed by atoms with Crippen molar-refractivity contribution in [3.63, 3.8) is 0 Å². The molecular formula is C25H46N2S2. The van der Waals surface area contributed by atoms with E-state index < -0.39 is 0 Å². The molecule has 0 aromatic heterocycles. The topological polar surface area (TPSA) is 12.0 Å². The molecular weight excluding hydrogens is 392 g/mol. The second kappa shape index (κ2) is 18.1. The molecule has 2 nitrogen and oxygen atoms in total. The molecule has 1 aromatic carbocycles. The van der Waals surface area contributed by atoms with Gasteiger partial charge in [-0.05, 0) is 38.2 Å². The Hall–Kier alpha value is -0.710. The fraction of sp³-hybridized carbons (Fsp3) is 0.720. The summed E-state index contributed by atoms with van der Waals surface area (Å²) < 4.78 is 1.84. The third-order valence-corrected chi connectivity index (χ3v) is 5.81. The van der Waals surface area contributed by atoms with Gasteiger partial charge in [0.15, 0.2) is 0 Å². The molecule has 0 radical (unpaired) electrons. The summed E-state index contributed by atoms with van der Waals surface area (Å²) in [5.74, 6) is 0. The molecule has 29 heavy (non-hydrogen) atoms. The Labute approximate surface area is 192 Å². The van der Waals surface area contributed by atoms with Crippen molar-refractivity contribution >= 4 is 29.2 Å². The lowest BCUT2D eigenvalue weighted by Gasteiger charge is -2.39. The number of thiocarbonyl (C=S) groups is 1. The number of hydrogen-bond acceptors (Lipinski definition) is 2. The predicted octanol–water partition coefficient (Wildman–Crippen LogP) is 7.17. The number of benzene rings is 1. The van der Waals surface area contributed by atoms with Crippen LogP contribution in [0.3, 0.4) is 0 Å². The summed E-state index contributed by atoms with van der Waals surface area (Å²) in [4.78, 5) is 0. The van der Waals surface area contributed by atoms with E-state index in [0.29, 0.717) is 4.32 Å². The van der Waals surface area contributed by atoms with Crippen LogP contribution in [0.1, 0.15) is 97.6 Å². The van der Waals surface area contributed by atoms with Gasteiger partial charge in [0.25, 0.3) is 0 Å². The molecule has 1 N–H and O–H groups in total. The number of rotatable bonds is 14. The van der Waals surface area contributed by atoms with Gasteiger partial charge in [0.05, 0.1) is 26.2 Å². The standard InChI is InChI=1S/C16H36N.C9H11NS2/c1-5-9-13-17(14-10-6-2,15-11-7-3)16-12-8-4;1-7(10-9(11)12)8-5-3-2-4-6-8/h5-16H2,1-4H3;2-7H,1H3,(H2,10,11,12)/q+1;/p-1/t;7-/m.1/s1. The van der Waals surface area contributed by atoms with E-state index in [-0.39, 0.29) is 6.04 Å². The molecule has 168 valence electrons. The minimum absolute atomic E-state index is 0.205. The minimum atomic E-state index is 0.205. The van der Waals surface area contributed by atoms with Crippen LogP contribution >= 0.6 is 12.2 Å². The Balaban J connectivity index is 0.000000571. The Morgan fingerprint density at radius 2 is 1.21 bits per heavy atom. The molecule has 0 heterocycles. The van der Waals surface area contributed by atoms with Crippen LogP contribution in [-0.2, 0) is 12.6 Å². The molecule has 0 unspecified atom stereocenters. The average molecular weight is 439 g/mol. The van der Waals surface area contributed by atoms with E-state index in [2.05, 4.69) is 33.0 Å². The van der Waals surface area contributed by atoms with Crippen LogP contribution in [0.25, 0.3) is 0 Å². The molecule has 0 spiro atoms. The monoisotopic (exact) mass is 438 g/mol. The van der Waals surface area contributed by atoms with Crippen molar-refractivity contribution in [2.75, 3.05) is 26.2 Å². The maximum atomic E-state index is 4.78. The lowest BCUT2D eigenvalue weighted by molar-refractivity contribution is -0.929. The maximum absolute atomic E-state index is 4.78. The highest BCUT2D eigenvalue weighted by molar-refractivity contribution is 8.00. The first-order valence-electron chi connectivity index (χ1n) is 11.8. The third-order valence-electron chi connectivity index (χ3n) is 5.58. The number of hydrogen-bond donors (Lipinski definition) is 1. The van der Waals surface area contributed by atoms with E-state index in [1.165, 1.54) is 87.6 Å². The number of nitrogens with zero attached hydrogens (tertiary/aromatic N) is 1. The van der Waals surface area contributed by atoms with Gasteiger partial charge in [-0.25, -0.2) is 0 Å². The summed E-state index contributed by atoms with van der Waals surface area (Å²) in [5.41, 5.74) is 1.20. The van der Waals surface area contributed by atoms with Crippen LogP contribution in [0.5, 0.6) is 0 Å².